The fraction of sp³-hybridized carbons (Fsp3) is 0.174. The predicted molar refractivity (Wildman–Crippen MR) is 122 cm³/mol. The van der Waals surface area contributed by atoms with Gasteiger partial charge in [0.1, 0.15) is 11.6 Å². The Bertz CT molecular complexity index is 1320. The first-order chi connectivity index (χ1) is 15.3. The largest absolute Gasteiger partial charge is 0.497 e. The summed E-state index contributed by atoms with van der Waals surface area (Å²) >= 11 is 0. The quantitative estimate of drug-likeness (QED) is 0.305. The average Bonchev–Trinajstić information content (AvgIpc) is 3.44. The molecule has 156 valence electrons. The van der Waals surface area contributed by atoms with Crippen LogP contribution in [0.2, 0.25) is 0 Å². The highest BCUT2D eigenvalue weighted by molar-refractivity contribution is 5.84. The molecule has 0 spiro atoms. The third-order valence-corrected chi connectivity index (χ3v) is 5.27. The van der Waals surface area contributed by atoms with Crippen LogP contribution in [0.3, 0.4) is 0 Å². The van der Waals surface area contributed by atoms with Crippen molar-refractivity contribution in [2.75, 3.05) is 24.3 Å². The molecule has 2 aromatic carbocycles. The molecule has 4 N–H and O–H groups in total. The van der Waals surface area contributed by atoms with E-state index in [1.807, 2.05) is 24.3 Å². The van der Waals surface area contributed by atoms with Crippen molar-refractivity contribution < 1.29 is 4.74 Å². The summed E-state index contributed by atoms with van der Waals surface area (Å²) in [5.74, 6) is 2.24. The Morgan fingerprint density at radius 1 is 0.968 bits per heavy atom. The number of ether oxygens (including phenoxy) is 1. The van der Waals surface area contributed by atoms with Crippen LogP contribution in [0.4, 0.5) is 11.8 Å². The maximum Gasteiger partial charge on any atom is 0.224 e. The summed E-state index contributed by atoms with van der Waals surface area (Å²) in [6.45, 7) is 1.40. The van der Waals surface area contributed by atoms with Crippen LogP contribution >= 0.6 is 0 Å². The van der Waals surface area contributed by atoms with Gasteiger partial charge < -0.3 is 25.3 Å². The molecule has 0 unspecified atom stereocenters. The van der Waals surface area contributed by atoms with Gasteiger partial charge >= 0.3 is 0 Å². The van der Waals surface area contributed by atoms with E-state index in [9.17, 15) is 0 Å². The van der Waals surface area contributed by atoms with Gasteiger partial charge in [-0.25, -0.2) is 9.97 Å². The molecule has 0 aliphatic rings. The summed E-state index contributed by atoms with van der Waals surface area (Å²) in [4.78, 5) is 19.6. The second-order valence-corrected chi connectivity index (χ2v) is 7.28. The van der Waals surface area contributed by atoms with E-state index >= 15 is 0 Å². The van der Waals surface area contributed by atoms with Crippen molar-refractivity contribution in [2.45, 2.75) is 13.0 Å². The smallest absolute Gasteiger partial charge is 0.224 e. The third-order valence-electron chi connectivity index (χ3n) is 5.27. The second kappa shape index (κ2) is 8.35. The number of benzene rings is 2. The van der Waals surface area contributed by atoms with Crippen LogP contribution in [0, 0.1) is 0 Å². The minimum Gasteiger partial charge on any atom is -0.497 e. The SMILES string of the molecule is COc1ccc2[nH]cc(CCNc3ccnc(NCc4ccc5nc[nH]c5c4)n3)c2c1. The maximum absolute atomic E-state index is 5.35. The molecule has 0 aliphatic heterocycles. The molecular weight excluding hydrogens is 390 g/mol. The van der Waals surface area contributed by atoms with Crippen molar-refractivity contribution in [3.63, 3.8) is 0 Å². The Kier molecular flexibility index (Phi) is 5.10. The van der Waals surface area contributed by atoms with Crippen molar-refractivity contribution in [3.8, 4) is 5.75 Å². The zero-order valence-corrected chi connectivity index (χ0v) is 17.1. The number of anilines is 2. The maximum atomic E-state index is 5.35. The van der Waals surface area contributed by atoms with E-state index in [-0.39, 0.29) is 0 Å². The van der Waals surface area contributed by atoms with Crippen molar-refractivity contribution in [3.05, 3.63) is 72.3 Å². The Morgan fingerprint density at radius 3 is 2.87 bits per heavy atom. The summed E-state index contributed by atoms with van der Waals surface area (Å²) in [5.41, 5.74) is 5.46. The van der Waals surface area contributed by atoms with Crippen LogP contribution < -0.4 is 15.4 Å². The molecule has 3 heterocycles. The lowest BCUT2D eigenvalue weighted by molar-refractivity contribution is 0.415. The van der Waals surface area contributed by atoms with Gasteiger partial charge in [0.15, 0.2) is 0 Å². The molecule has 8 nitrogen and oxygen atoms in total. The molecule has 0 atom stereocenters. The summed E-state index contributed by atoms with van der Waals surface area (Å²) in [6.07, 6.45) is 6.37. The number of methoxy groups -OCH3 is 1. The topological polar surface area (TPSA) is 104 Å². The van der Waals surface area contributed by atoms with E-state index in [2.05, 4.69) is 59.9 Å². The number of fused-ring (bicyclic) bond motifs is 2. The zero-order valence-electron chi connectivity index (χ0n) is 17.1. The van der Waals surface area contributed by atoms with E-state index in [0.29, 0.717) is 12.5 Å². The van der Waals surface area contributed by atoms with Gasteiger partial charge in [-0.15, -0.1) is 0 Å². The van der Waals surface area contributed by atoms with Crippen LogP contribution in [0.25, 0.3) is 21.9 Å². The Hall–Kier alpha value is -4.07. The van der Waals surface area contributed by atoms with Crippen molar-refractivity contribution >= 4 is 33.7 Å². The molecule has 31 heavy (non-hydrogen) atoms. The summed E-state index contributed by atoms with van der Waals surface area (Å²) in [5, 5.41) is 7.85. The molecule has 0 aliphatic carbocycles. The first kappa shape index (κ1) is 18.9. The van der Waals surface area contributed by atoms with Crippen LogP contribution in [0.5, 0.6) is 5.75 Å². The number of nitrogens with one attached hydrogen (secondary N) is 4. The normalized spacial score (nSPS) is 11.1. The molecule has 0 saturated carbocycles. The average molecular weight is 413 g/mol. The molecule has 5 aromatic rings. The first-order valence-electron chi connectivity index (χ1n) is 10.2. The van der Waals surface area contributed by atoms with E-state index in [4.69, 9.17) is 4.74 Å². The van der Waals surface area contributed by atoms with Crippen LogP contribution in [-0.2, 0) is 13.0 Å². The number of H-pyrrole nitrogens is 2. The monoisotopic (exact) mass is 413 g/mol. The van der Waals surface area contributed by atoms with Crippen LogP contribution in [0.15, 0.2) is 61.2 Å². The van der Waals surface area contributed by atoms with Gasteiger partial charge in [-0.05, 0) is 53.9 Å². The lowest BCUT2D eigenvalue weighted by Crippen LogP contribution is -2.09. The fourth-order valence-electron chi connectivity index (χ4n) is 3.63. The minimum absolute atomic E-state index is 0.589. The van der Waals surface area contributed by atoms with Crippen LogP contribution in [-0.4, -0.2) is 38.6 Å². The second-order valence-electron chi connectivity index (χ2n) is 7.28. The van der Waals surface area contributed by atoms with E-state index in [1.165, 1.54) is 10.9 Å². The van der Waals surface area contributed by atoms with Crippen molar-refractivity contribution in [2.24, 2.45) is 0 Å². The Balaban J connectivity index is 1.19. The molecule has 8 heteroatoms. The minimum atomic E-state index is 0.589. The van der Waals surface area contributed by atoms with E-state index < -0.39 is 0 Å². The molecular formula is C23H23N7O. The van der Waals surface area contributed by atoms with Crippen molar-refractivity contribution in [1.82, 2.24) is 24.9 Å². The van der Waals surface area contributed by atoms with Gasteiger partial charge in [-0.3, -0.25) is 0 Å². The summed E-state index contributed by atoms with van der Waals surface area (Å²) < 4.78 is 5.35. The molecule has 0 bridgehead atoms. The molecule has 0 fully saturated rings. The highest BCUT2D eigenvalue weighted by Gasteiger charge is 2.06. The van der Waals surface area contributed by atoms with Crippen molar-refractivity contribution in [1.29, 1.82) is 0 Å². The molecule has 3 aromatic heterocycles. The standard InChI is InChI=1S/C23H23N7O/c1-31-17-3-5-19-18(11-17)16(13-26-19)6-8-24-22-7-9-25-23(30-22)27-12-15-2-4-20-21(10-15)29-14-28-20/h2-5,7,9-11,13-14,26H,6,8,12H2,1H3,(H,28,29)(H2,24,25,27,30). The van der Waals surface area contributed by atoms with E-state index in [1.54, 1.807) is 19.6 Å². The fourth-order valence-corrected chi connectivity index (χ4v) is 3.63. The van der Waals surface area contributed by atoms with Gasteiger partial charge in [-0.1, -0.05) is 6.07 Å². The Morgan fingerprint density at radius 2 is 1.94 bits per heavy atom. The summed E-state index contributed by atoms with van der Waals surface area (Å²) in [6, 6.07) is 14.1. The molecule has 0 amide bonds. The molecule has 5 rings (SSSR count). The van der Waals surface area contributed by atoms with Gasteiger partial charge in [0.05, 0.1) is 24.5 Å². The number of hydrogen-bond acceptors (Lipinski definition) is 6. The number of nitrogens with zero attached hydrogens (tertiary/aromatic N) is 3. The lowest BCUT2D eigenvalue weighted by atomic mass is 10.1. The highest BCUT2D eigenvalue weighted by atomic mass is 16.5. The third kappa shape index (κ3) is 4.13. The Labute approximate surface area is 179 Å². The van der Waals surface area contributed by atoms with Crippen LogP contribution in [0.1, 0.15) is 11.1 Å². The number of aromatic nitrogens is 5. The van der Waals surface area contributed by atoms with Gasteiger partial charge in [0, 0.05) is 36.4 Å². The van der Waals surface area contributed by atoms with E-state index in [0.717, 1.165) is 46.6 Å². The first-order valence-corrected chi connectivity index (χ1v) is 10.2. The predicted octanol–water partition coefficient (Wildman–Crippen LogP) is 4.11. The molecule has 0 radical (unpaired) electrons. The highest BCUT2D eigenvalue weighted by Crippen LogP contribution is 2.24. The lowest BCUT2D eigenvalue weighted by Gasteiger charge is -2.09. The number of aromatic amines is 2. The zero-order chi connectivity index (χ0) is 21.0. The molecule has 0 saturated heterocycles. The van der Waals surface area contributed by atoms with Gasteiger partial charge in [-0.2, -0.15) is 4.98 Å². The van der Waals surface area contributed by atoms with Gasteiger partial charge in [0.25, 0.3) is 0 Å². The van der Waals surface area contributed by atoms with Gasteiger partial charge in [0.2, 0.25) is 5.95 Å². The number of imidazole rings is 1. The summed E-state index contributed by atoms with van der Waals surface area (Å²) in [7, 11) is 1.69. The number of hydrogen-bond donors (Lipinski definition) is 4. The number of rotatable bonds is 8.